The molecule has 1 aliphatic rings. The summed E-state index contributed by atoms with van der Waals surface area (Å²) < 4.78 is 0. The molecule has 2 nitrogen and oxygen atoms in total. The van der Waals surface area contributed by atoms with Gasteiger partial charge < -0.3 is 5.73 Å². The predicted octanol–water partition coefficient (Wildman–Crippen LogP) is 3.49. The SMILES string of the molecule is CC1CCCCC(CC(N)=O)CC(C)CC1. The molecule has 0 heterocycles. The minimum absolute atomic E-state index is 0.123. The maximum Gasteiger partial charge on any atom is 0.217 e. The Morgan fingerprint density at radius 2 is 1.69 bits per heavy atom. The lowest BCUT2D eigenvalue weighted by atomic mass is 9.82. The van der Waals surface area contributed by atoms with Crippen LogP contribution in [-0.2, 0) is 4.79 Å². The average molecular weight is 225 g/mol. The van der Waals surface area contributed by atoms with Crippen molar-refractivity contribution in [1.29, 1.82) is 0 Å². The molecule has 3 unspecified atom stereocenters. The quantitative estimate of drug-likeness (QED) is 0.768. The summed E-state index contributed by atoms with van der Waals surface area (Å²) in [6.45, 7) is 4.69. The van der Waals surface area contributed by atoms with Crippen LogP contribution in [0.4, 0.5) is 0 Å². The summed E-state index contributed by atoms with van der Waals surface area (Å²) >= 11 is 0. The number of primary amides is 1. The molecule has 3 atom stereocenters. The number of nitrogens with two attached hydrogens (primary N) is 1. The van der Waals surface area contributed by atoms with Gasteiger partial charge in [-0.15, -0.1) is 0 Å². The first-order valence-electron chi connectivity index (χ1n) is 6.86. The predicted molar refractivity (Wildman–Crippen MR) is 67.9 cm³/mol. The van der Waals surface area contributed by atoms with Gasteiger partial charge >= 0.3 is 0 Å². The lowest BCUT2D eigenvalue weighted by Gasteiger charge is -2.23. The fraction of sp³-hybridized carbons (Fsp3) is 0.929. The minimum atomic E-state index is -0.123. The van der Waals surface area contributed by atoms with E-state index in [4.69, 9.17) is 5.73 Å². The molecule has 0 aromatic rings. The molecule has 1 rings (SSSR count). The normalized spacial score (nSPS) is 33.2. The first-order valence-corrected chi connectivity index (χ1v) is 6.86. The Balaban J connectivity index is 2.44. The van der Waals surface area contributed by atoms with Gasteiger partial charge in [-0.05, 0) is 30.6 Å². The molecule has 16 heavy (non-hydrogen) atoms. The number of amides is 1. The van der Waals surface area contributed by atoms with Crippen LogP contribution in [0.25, 0.3) is 0 Å². The van der Waals surface area contributed by atoms with Crippen LogP contribution in [0.15, 0.2) is 0 Å². The lowest BCUT2D eigenvalue weighted by Crippen LogP contribution is -2.19. The van der Waals surface area contributed by atoms with E-state index in [0.29, 0.717) is 12.3 Å². The summed E-state index contributed by atoms with van der Waals surface area (Å²) in [5, 5.41) is 0. The van der Waals surface area contributed by atoms with Gasteiger partial charge in [0.2, 0.25) is 5.91 Å². The van der Waals surface area contributed by atoms with Crippen molar-refractivity contribution in [3.8, 4) is 0 Å². The molecule has 1 amide bonds. The van der Waals surface area contributed by atoms with Crippen LogP contribution in [0.5, 0.6) is 0 Å². The Bertz CT molecular complexity index is 215. The van der Waals surface area contributed by atoms with E-state index in [9.17, 15) is 4.79 Å². The van der Waals surface area contributed by atoms with E-state index in [2.05, 4.69) is 13.8 Å². The largest absolute Gasteiger partial charge is 0.370 e. The number of hydrogen-bond acceptors (Lipinski definition) is 1. The Morgan fingerprint density at radius 3 is 2.38 bits per heavy atom. The summed E-state index contributed by atoms with van der Waals surface area (Å²) in [4.78, 5) is 11.0. The standard InChI is InChI=1S/C14H27NO/c1-11-5-3-4-6-13(10-14(15)16)9-12(2)8-7-11/h11-13H,3-10H2,1-2H3,(H2,15,16). The van der Waals surface area contributed by atoms with E-state index in [1.165, 1.54) is 44.9 Å². The highest BCUT2D eigenvalue weighted by Crippen LogP contribution is 2.29. The fourth-order valence-electron chi connectivity index (χ4n) is 2.91. The smallest absolute Gasteiger partial charge is 0.217 e. The second-order valence-electron chi connectivity index (χ2n) is 5.84. The molecular weight excluding hydrogens is 198 g/mol. The van der Waals surface area contributed by atoms with Gasteiger partial charge in [-0.1, -0.05) is 46.0 Å². The molecule has 1 saturated carbocycles. The van der Waals surface area contributed by atoms with Crippen molar-refractivity contribution in [3.05, 3.63) is 0 Å². The summed E-state index contributed by atoms with van der Waals surface area (Å²) in [6.07, 6.45) is 9.60. The van der Waals surface area contributed by atoms with Gasteiger partial charge in [0.15, 0.2) is 0 Å². The second kappa shape index (κ2) is 6.93. The maximum atomic E-state index is 11.0. The average Bonchev–Trinajstić information content (AvgIpc) is 2.20. The summed E-state index contributed by atoms with van der Waals surface area (Å²) in [7, 11) is 0. The summed E-state index contributed by atoms with van der Waals surface area (Å²) in [5.74, 6) is 2.06. The van der Waals surface area contributed by atoms with Crippen molar-refractivity contribution >= 4 is 5.91 Å². The van der Waals surface area contributed by atoms with E-state index in [0.717, 1.165) is 11.8 Å². The monoisotopic (exact) mass is 225 g/mol. The van der Waals surface area contributed by atoms with E-state index in [1.54, 1.807) is 0 Å². The van der Waals surface area contributed by atoms with Gasteiger partial charge in [-0.3, -0.25) is 4.79 Å². The highest BCUT2D eigenvalue weighted by molar-refractivity contribution is 5.73. The van der Waals surface area contributed by atoms with E-state index < -0.39 is 0 Å². The third-order valence-electron chi connectivity index (χ3n) is 3.94. The zero-order valence-electron chi connectivity index (χ0n) is 10.9. The van der Waals surface area contributed by atoms with Crippen molar-refractivity contribution in [1.82, 2.24) is 0 Å². The number of rotatable bonds is 2. The van der Waals surface area contributed by atoms with Crippen molar-refractivity contribution in [2.24, 2.45) is 23.5 Å². The zero-order valence-corrected chi connectivity index (χ0v) is 10.9. The van der Waals surface area contributed by atoms with Crippen LogP contribution in [0.3, 0.4) is 0 Å². The summed E-state index contributed by atoms with van der Waals surface area (Å²) in [5.41, 5.74) is 5.31. The first kappa shape index (κ1) is 13.5. The molecule has 0 aromatic carbocycles. The molecule has 1 fully saturated rings. The van der Waals surface area contributed by atoms with Crippen LogP contribution in [0.2, 0.25) is 0 Å². The lowest BCUT2D eigenvalue weighted by molar-refractivity contribution is -0.119. The molecule has 0 aromatic heterocycles. The van der Waals surface area contributed by atoms with Crippen LogP contribution in [0, 0.1) is 17.8 Å². The van der Waals surface area contributed by atoms with Crippen molar-refractivity contribution in [2.45, 2.75) is 65.2 Å². The fourth-order valence-corrected chi connectivity index (χ4v) is 2.91. The third kappa shape index (κ3) is 5.53. The van der Waals surface area contributed by atoms with Gasteiger partial charge in [0.1, 0.15) is 0 Å². The molecule has 0 aliphatic heterocycles. The Morgan fingerprint density at radius 1 is 1.06 bits per heavy atom. The number of carbonyl (C=O) groups is 1. The highest BCUT2D eigenvalue weighted by Gasteiger charge is 2.18. The van der Waals surface area contributed by atoms with Gasteiger partial charge in [-0.25, -0.2) is 0 Å². The summed E-state index contributed by atoms with van der Waals surface area (Å²) in [6, 6.07) is 0. The molecule has 2 heteroatoms. The third-order valence-corrected chi connectivity index (χ3v) is 3.94. The Kier molecular flexibility index (Phi) is 5.86. The second-order valence-corrected chi connectivity index (χ2v) is 5.84. The van der Waals surface area contributed by atoms with Gasteiger partial charge in [0.05, 0.1) is 0 Å². The molecule has 2 N–H and O–H groups in total. The maximum absolute atomic E-state index is 11.0. The number of hydrogen-bond donors (Lipinski definition) is 1. The van der Waals surface area contributed by atoms with E-state index >= 15 is 0 Å². The number of carbonyl (C=O) groups excluding carboxylic acids is 1. The van der Waals surface area contributed by atoms with Crippen molar-refractivity contribution in [2.75, 3.05) is 0 Å². The van der Waals surface area contributed by atoms with Gasteiger partial charge in [0.25, 0.3) is 0 Å². The Hall–Kier alpha value is -0.530. The molecular formula is C14H27NO. The Labute approximate surface area is 100.0 Å². The zero-order chi connectivity index (χ0) is 12.0. The molecule has 94 valence electrons. The molecule has 0 bridgehead atoms. The van der Waals surface area contributed by atoms with Crippen LogP contribution in [0.1, 0.15) is 65.2 Å². The van der Waals surface area contributed by atoms with Crippen LogP contribution in [-0.4, -0.2) is 5.91 Å². The van der Waals surface area contributed by atoms with Crippen LogP contribution < -0.4 is 5.73 Å². The molecule has 0 saturated heterocycles. The van der Waals surface area contributed by atoms with Gasteiger partial charge in [-0.2, -0.15) is 0 Å². The highest BCUT2D eigenvalue weighted by atomic mass is 16.1. The molecule has 1 aliphatic carbocycles. The molecule has 0 radical (unpaired) electrons. The van der Waals surface area contributed by atoms with Crippen molar-refractivity contribution in [3.63, 3.8) is 0 Å². The first-order chi connectivity index (χ1) is 7.58. The van der Waals surface area contributed by atoms with E-state index in [1.807, 2.05) is 0 Å². The molecule has 0 spiro atoms. The topological polar surface area (TPSA) is 43.1 Å². The van der Waals surface area contributed by atoms with E-state index in [-0.39, 0.29) is 5.91 Å². The van der Waals surface area contributed by atoms with Gasteiger partial charge in [0, 0.05) is 6.42 Å². The van der Waals surface area contributed by atoms with Crippen LogP contribution >= 0.6 is 0 Å². The minimum Gasteiger partial charge on any atom is -0.370 e. The van der Waals surface area contributed by atoms with Crippen molar-refractivity contribution < 1.29 is 4.79 Å².